The van der Waals surface area contributed by atoms with E-state index in [1.165, 1.54) is 0 Å². The Labute approximate surface area is 224 Å². The van der Waals surface area contributed by atoms with E-state index < -0.39 is 17.7 Å². The number of carbonyl (C=O) groups excluding carboxylic acids is 2. The summed E-state index contributed by atoms with van der Waals surface area (Å²) in [7, 11) is 0. The molecule has 0 spiro atoms. The molecule has 38 heavy (non-hydrogen) atoms. The SMILES string of the molecule is C=CCOc1ccc(C2C(=C(O)c3cccc(OCCCC)c3)C(=O)C(=O)N2CCN2CCOCC2)cc1. The summed E-state index contributed by atoms with van der Waals surface area (Å²) in [6.45, 7) is 10.5. The van der Waals surface area contributed by atoms with Crippen molar-refractivity contribution in [1.29, 1.82) is 0 Å². The van der Waals surface area contributed by atoms with Crippen molar-refractivity contribution >= 4 is 17.4 Å². The van der Waals surface area contributed by atoms with E-state index in [-0.39, 0.29) is 11.3 Å². The minimum atomic E-state index is -0.728. The Morgan fingerprint density at radius 1 is 1.08 bits per heavy atom. The first kappa shape index (κ1) is 27.4. The number of hydrogen-bond donors (Lipinski definition) is 1. The summed E-state index contributed by atoms with van der Waals surface area (Å²) in [5, 5.41) is 11.4. The molecule has 2 heterocycles. The lowest BCUT2D eigenvalue weighted by Crippen LogP contribution is -2.42. The second-order valence-corrected chi connectivity index (χ2v) is 9.35. The van der Waals surface area contributed by atoms with Crippen molar-refractivity contribution in [3.63, 3.8) is 0 Å². The Morgan fingerprint density at radius 3 is 2.55 bits per heavy atom. The lowest BCUT2D eigenvalue weighted by molar-refractivity contribution is -0.140. The summed E-state index contributed by atoms with van der Waals surface area (Å²) in [5.41, 5.74) is 1.22. The Hall–Kier alpha value is -3.62. The van der Waals surface area contributed by atoms with E-state index >= 15 is 0 Å². The second-order valence-electron chi connectivity index (χ2n) is 9.35. The maximum atomic E-state index is 13.4. The second kappa shape index (κ2) is 13.3. The highest BCUT2D eigenvalue weighted by molar-refractivity contribution is 6.46. The van der Waals surface area contributed by atoms with Gasteiger partial charge in [-0.1, -0.05) is 50.3 Å². The molecule has 0 bridgehead atoms. The minimum absolute atomic E-state index is 0.0717. The Kier molecular flexibility index (Phi) is 9.56. The van der Waals surface area contributed by atoms with Crippen molar-refractivity contribution < 1.29 is 28.9 Å². The molecule has 2 aromatic rings. The average molecular weight is 521 g/mol. The normalized spacial score (nSPS) is 19.5. The van der Waals surface area contributed by atoms with E-state index in [1.54, 1.807) is 41.3 Å². The number of rotatable bonds is 12. The number of unbranched alkanes of at least 4 members (excludes halogenated alkanes) is 1. The molecular weight excluding hydrogens is 484 g/mol. The molecular formula is C30H36N2O6. The van der Waals surface area contributed by atoms with Crippen molar-refractivity contribution in [3.8, 4) is 11.5 Å². The number of amides is 1. The van der Waals surface area contributed by atoms with Crippen LogP contribution in [0.25, 0.3) is 5.76 Å². The quantitative estimate of drug-likeness (QED) is 0.148. The predicted molar refractivity (Wildman–Crippen MR) is 145 cm³/mol. The molecule has 2 aliphatic heterocycles. The number of nitrogens with zero attached hydrogens (tertiary/aromatic N) is 2. The van der Waals surface area contributed by atoms with Crippen LogP contribution in [0.1, 0.15) is 36.9 Å². The van der Waals surface area contributed by atoms with E-state index in [9.17, 15) is 14.7 Å². The third-order valence-corrected chi connectivity index (χ3v) is 6.74. The van der Waals surface area contributed by atoms with Crippen LogP contribution in [0.15, 0.2) is 66.8 Å². The van der Waals surface area contributed by atoms with Gasteiger partial charge < -0.3 is 24.2 Å². The smallest absolute Gasteiger partial charge is 0.295 e. The van der Waals surface area contributed by atoms with Gasteiger partial charge in [0.05, 0.1) is 31.4 Å². The number of ketones is 1. The van der Waals surface area contributed by atoms with Gasteiger partial charge in [-0.15, -0.1) is 0 Å². The first-order valence-corrected chi connectivity index (χ1v) is 13.2. The largest absolute Gasteiger partial charge is 0.507 e. The molecule has 0 radical (unpaired) electrons. The summed E-state index contributed by atoms with van der Waals surface area (Å²) in [6.07, 6.45) is 3.58. The molecule has 1 unspecified atom stereocenters. The van der Waals surface area contributed by atoms with Crippen molar-refractivity contribution in [1.82, 2.24) is 9.80 Å². The van der Waals surface area contributed by atoms with Crippen LogP contribution in [0.5, 0.6) is 11.5 Å². The van der Waals surface area contributed by atoms with Gasteiger partial charge in [0.1, 0.15) is 23.9 Å². The van der Waals surface area contributed by atoms with Gasteiger partial charge in [0.25, 0.3) is 11.7 Å². The lowest BCUT2D eigenvalue weighted by Gasteiger charge is -2.31. The lowest BCUT2D eigenvalue weighted by atomic mass is 9.95. The van der Waals surface area contributed by atoms with Gasteiger partial charge in [0, 0.05) is 31.7 Å². The highest BCUT2D eigenvalue weighted by atomic mass is 16.5. The fourth-order valence-electron chi connectivity index (χ4n) is 4.66. The topological polar surface area (TPSA) is 88.5 Å². The Morgan fingerprint density at radius 2 is 1.84 bits per heavy atom. The summed E-state index contributed by atoms with van der Waals surface area (Å²) < 4.78 is 16.8. The monoisotopic (exact) mass is 520 g/mol. The maximum Gasteiger partial charge on any atom is 0.295 e. The molecule has 2 fully saturated rings. The van der Waals surface area contributed by atoms with Crippen molar-refractivity contribution in [2.75, 3.05) is 52.6 Å². The predicted octanol–water partition coefficient (Wildman–Crippen LogP) is 4.18. The van der Waals surface area contributed by atoms with Crippen molar-refractivity contribution in [2.45, 2.75) is 25.8 Å². The van der Waals surface area contributed by atoms with E-state index in [1.807, 2.05) is 18.2 Å². The Balaban J connectivity index is 1.68. The number of benzene rings is 2. The highest BCUT2D eigenvalue weighted by Gasteiger charge is 2.46. The molecule has 2 aromatic carbocycles. The number of aliphatic hydroxyl groups excluding tert-OH is 1. The van der Waals surface area contributed by atoms with Gasteiger partial charge in [0.2, 0.25) is 0 Å². The van der Waals surface area contributed by atoms with Crippen LogP contribution in [0, 0.1) is 0 Å². The third kappa shape index (κ3) is 6.44. The molecule has 1 atom stereocenters. The molecule has 2 aliphatic rings. The molecule has 2 saturated heterocycles. The summed E-state index contributed by atoms with van der Waals surface area (Å²) in [5.74, 6) is -0.277. The number of aliphatic hydroxyl groups is 1. The fraction of sp³-hybridized carbons (Fsp3) is 0.400. The number of hydrogen-bond acceptors (Lipinski definition) is 7. The molecule has 0 aromatic heterocycles. The molecule has 8 nitrogen and oxygen atoms in total. The van der Waals surface area contributed by atoms with Crippen LogP contribution in [0.2, 0.25) is 0 Å². The number of Topliss-reactive ketones (excluding diaryl/α,β-unsaturated/α-hetero) is 1. The molecule has 1 amide bonds. The first-order chi connectivity index (χ1) is 18.5. The number of ether oxygens (including phenoxy) is 3. The van der Waals surface area contributed by atoms with E-state index in [0.29, 0.717) is 62.1 Å². The summed E-state index contributed by atoms with van der Waals surface area (Å²) in [4.78, 5) is 30.4. The molecule has 202 valence electrons. The molecule has 0 aliphatic carbocycles. The minimum Gasteiger partial charge on any atom is -0.507 e. The zero-order valence-corrected chi connectivity index (χ0v) is 21.9. The van der Waals surface area contributed by atoms with Crippen molar-refractivity contribution in [2.24, 2.45) is 0 Å². The standard InChI is InChI=1S/C30H36N2O6/c1-3-5-18-38-25-8-6-7-23(21-25)28(33)26-27(22-9-11-24(12-10-22)37-17-4-2)32(30(35)29(26)34)14-13-31-15-19-36-20-16-31/h4,6-12,21,27,33H,2-3,5,13-20H2,1H3. The van der Waals surface area contributed by atoms with E-state index in [0.717, 1.165) is 25.9 Å². The number of morpholine rings is 1. The Bertz CT molecular complexity index is 1150. The first-order valence-electron chi connectivity index (χ1n) is 13.2. The van der Waals surface area contributed by atoms with E-state index in [4.69, 9.17) is 14.2 Å². The zero-order chi connectivity index (χ0) is 26.9. The van der Waals surface area contributed by atoms with Gasteiger partial charge in [-0.2, -0.15) is 0 Å². The third-order valence-electron chi connectivity index (χ3n) is 6.74. The van der Waals surface area contributed by atoms with Crippen LogP contribution in [0.3, 0.4) is 0 Å². The van der Waals surface area contributed by atoms with Gasteiger partial charge in [-0.05, 0) is 36.2 Å². The fourth-order valence-corrected chi connectivity index (χ4v) is 4.66. The van der Waals surface area contributed by atoms with Crippen LogP contribution in [-0.2, 0) is 14.3 Å². The van der Waals surface area contributed by atoms with Crippen LogP contribution in [0.4, 0.5) is 0 Å². The van der Waals surface area contributed by atoms with Crippen LogP contribution >= 0.6 is 0 Å². The van der Waals surface area contributed by atoms with Crippen LogP contribution in [-0.4, -0.2) is 79.2 Å². The van der Waals surface area contributed by atoms with Gasteiger partial charge >= 0.3 is 0 Å². The molecule has 0 saturated carbocycles. The van der Waals surface area contributed by atoms with Crippen LogP contribution < -0.4 is 9.47 Å². The highest BCUT2D eigenvalue weighted by Crippen LogP contribution is 2.40. The van der Waals surface area contributed by atoms with Gasteiger partial charge in [0.15, 0.2) is 0 Å². The molecule has 1 N–H and O–H groups in total. The van der Waals surface area contributed by atoms with Gasteiger partial charge in [-0.3, -0.25) is 14.5 Å². The average Bonchev–Trinajstić information content (AvgIpc) is 3.20. The number of carbonyl (C=O) groups is 2. The maximum absolute atomic E-state index is 13.4. The molecule has 8 heteroatoms. The van der Waals surface area contributed by atoms with Gasteiger partial charge in [-0.25, -0.2) is 0 Å². The van der Waals surface area contributed by atoms with E-state index in [2.05, 4.69) is 18.4 Å². The molecule has 4 rings (SSSR count). The summed E-state index contributed by atoms with van der Waals surface area (Å²) >= 11 is 0. The number of likely N-dealkylation sites (tertiary alicyclic amines) is 1. The van der Waals surface area contributed by atoms with Crippen molar-refractivity contribution in [3.05, 3.63) is 77.9 Å². The summed E-state index contributed by atoms with van der Waals surface area (Å²) in [6, 6.07) is 13.5. The zero-order valence-electron chi connectivity index (χ0n) is 21.9.